The minimum absolute atomic E-state index is 0.103. The van der Waals surface area contributed by atoms with Crippen molar-refractivity contribution < 1.29 is 4.79 Å². The Morgan fingerprint density at radius 3 is 1.85 bits per heavy atom. The first-order valence-electron chi connectivity index (χ1n) is 13.5. The smallest absolute Gasteiger partial charge is 0.224 e. The number of carbonyl (C=O) groups excluding carboxylic acids is 1. The number of rotatable bonds is 18. The quantitative estimate of drug-likeness (QED) is 0.230. The Morgan fingerprint density at radius 2 is 1.30 bits per heavy atom. The Kier molecular flexibility index (Phi) is 13.6. The zero-order valence-corrected chi connectivity index (χ0v) is 21.5. The normalized spacial score (nSPS) is 11.1. The SMILES string of the molecule is CCCCCCCCCCCCCCCCCC(=O)Nc1cc(N(C)C)nc2ccccc12. The fraction of sp³-hybridized carbons (Fsp3) is 0.655. The van der Waals surface area contributed by atoms with E-state index in [9.17, 15) is 4.79 Å². The number of fused-ring (bicyclic) bond motifs is 1. The number of carbonyl (C=O) groups is 1. The minimum atomic E-state index is 0.103. The maximum absolute atomic E-state index is 12.5. The molecule has 0 aliphatic carbocycles. The van der Waals surface area contributed by atoms with E-state index in [-0.39, 0.29) is 5.91 Å². The molecule has 1 aromatic heterocycles. The lowest BCUT2D eigenvalue weighted by Crippen LogP contribution is -2.14. The lowest BCUT2D eigenvalue weighted by Gasteiger charge is -2.15. The Morgan fingerprint density at radius 1 is 0.788 bits per heavy atom. The second-order valence-corrected chi connectivity index (χ2v) is 9.69. The molecule has 0 saturated heterocycles. The van der Waals surface area contributed by atoms with Crippen molar-refractivity contribution in [3.05, 3.63) is 30.3 Å². The molecule has 4 heteroatoms. The molecule has 0 aliphatic heterocycles. The van der Waals surface area contributed by atoms with Crippen LogP contribution >= 0.6 is 0 Å². The van der Waals surface area contributed by atoms with Crippen molar-refractivity contribution in [1.29, 1.82) is 0 Å². The van der Waals surface area contributed by atoms with E-state index in [1.807, 2.05) is 49.3 Å². The van der Waals surface area contributed by atoms with Gasteiger partial charge < -0.3 is 10.2 Å². The van der Waals surface area contributed by atoms with E-state index in [2.05, 4.69) is 17.2 Å². The van der Waals surface area contributed by atoms with Crippen LogP contribution in [0.2, 0.25) is 0 Å². The number of nitrogens with one attached hydrogen (secondary N) is 1. The summed E-state index contributed by atoms with van der Waals surface area (Å²) in [7, 11) is 3.94. The first kappa shape index (κ1) is 27.1. The molecule has 0 radical (unpaired) electrons. The molecule has 1 aromatic carbocycles. The number of pyridine rings is 1. The van der Waals surface area contributed by atoms with Crippen molar-refractivity contribution in [2.45, 2.75) is 110 Å². The van der Waals surface area contributed by atoms with E-state index in [0.29, 0.717) is 6.42 Å². The van der Waals surface area contributed by atoms with Crippen molar-refractivity contribution in [3.8, 4) is 0 Å². The summed E-state index contributed by atoms with van der Waals surface area (Å²) in [6.07, 6.45) is 20.7. The van der Waals surface area contributed by atoms with E-state index < -0.39 is 0 Å². The highest BCUT2D eigenvalue weighted by atomic mass is 16.1. The van der Waals surface area contributed by atoms with Gasteiger partial charge in [-0.15, -0.1) is 0 Å². The number of amides is 1. The van der Waals surface area contributed by atoms with Gasteiger partial charge >= 0.3 is 0 Å². The van der Waals surface area contributed by atoms with Crippen molar-refractivity contribution in [2.75, 3.05) is 24.3 Å². The molecule has 0 spiro atoms. The Bertz CT molecular complexity index is 803. The molecule has 0 bridgehead atoms. The number of aromatic nitrogens is 1. The number of hydrogen-bond donors (Lipinski definition) is 1. The lowest BCUT2D eigenvalue weighted by atomic mass is 10.0. The van der Waals surface area contributed by atoms with Gasteiger partial charge in [0.1, 0.15) is 5.82 Å². The van der Waals surface area contributed by atoms with E-state index in [0.717, 1.165) is 35.2 Å². The molecule has 0 aliphatic rings. The van der Waals surface area contributed by atoms with Gasteiger partial charge in [-0.1, -0.05) is 115 Å². The van der Waals surface area contributed by atoms with E-state index in [1.54, 1.807) is 0 Å². The van der Waals surface area contributed by atoms with Crippen LogP contribution in [-0.2, 0) is 4.79 Å². The summed E-state index contributed by atoms with van der Waals surface area (Å²) in [6.45, 7) is 2.28. The van der Waals surface area contributed by atoms with Crippen molar-refractivity contribution >= 4 is 28.3 Å². The second-order valence-electron chi connectivity index (χ2n) is 9.69. The summed E-state index contributed by atoms with van der Waals surface area (Å²) in [5, 5.41) is 4.12. The van der Waals surface area contributed by atoms with E-state index in [4.69, 9.17) is 0 Å². The third-order valence-electron chi connectivity index (χ3n) is 6.44. The Labute approximate surface area is 202 Å². The van der Waals surface area contributed by atoms with Gasteiger partial charge in [-0.05, 0) is 12.5 Å². The number of para-hydroxylation sites is 1. The number of benzene rings is 1. The Hall–Kier alpha value is -2.10. The monoisotopic (exact) mass is 453 g/mol. The zero-order valence-electron chi connectivity index (χ0n) is 21.5. The molecular formula is C29H47N3O. The summed E-state index contributed by atoms with van der Waals surface area (Å²) in [6, 6.07) is 9.95. The Balaban J connectivity index is 1.53. The minimum Gasteiger partial charge on any atom is -0.363 e. The highest BCUT2D eigenvalue weighted by Gasteiger charge is 2.10. The molecule has 1 amide bonds. The molecule has 1 heterocycles. The van der Waals surface area contributed by atoms with Crippen LogP contribution in [0.5, 0.6) is 0 Å². The predicted molar refractivity (Wildman–Crippen MR) is 144 cm³/mol. The van der Waals surface area contributed by atoms with Crippen molar-refractivity contribution in [3.63, 3.8) is 0 Å². The maximum atomic E-state index is 12.5. The molecule has 184 valence electrons. The van der Waals surface area contributed by atoms with Crippen LogP contribution in [0.3, 0.4) is 0 Å². The van der Waals surface area contributed by atoms with Gasteiger partial charge in [0.2, 0.25) is 5.91 Å². The van der Waals surface area contributed by atoms with E-state index >= 15 is 0 Å². The summed E-state index contributed by atoms with van der Waals surface area (Å²) in [5.41, 5.74) is 1.77. The molecule has 0 unspecified atom stereocenters. The van der Waals surface area contributed by atoms with Gasteiger partial charge in [-0.2, -0.15) is 0 Å². The summed E-state index contributed by atoms with van der Waals surface area (Å²) in [5.74, 6) is 0.960. The zero-order chi connectivity index (χ0) is 23.7. The fourth-order valence-electron chi connectivity index (χ4n) is 4.36. The third kappa shape index (κ3) is 11.0. The first-order valence-corrected chi connectivity index (χ1v) is 13.5. The molecule has 0 saturated carbocycles. The molecule has 0 atom stereocenters. The number of hydrogen-bond acceptors (Lipinski definition) is 3. The molecule has 33 heavy (non-hydrogen) atoms. The van der Waals surface area contributed by atoms with Crippen molar-refractivity contribution in [2.24, 2.45) is 0 Å². The summed E-state index contributed by atoms with van der Waals surface area (Å²) < 4.78 is 0. The lowest BCUT2D eigenvalue weighted by molar-refractivity contribution is -0.116. The van der Waals surface area contributed by atoms with Gasteiger partial charge in [-0.3, -0.25) is 4.79 Å². The maximum Gasteiger partial charge on any atom is 0.224 e. The summed E-state index contributed by atoms with van der Waals surface area (Å²) in [4.78, 5) is 19.2. The largest absolute Gasteiger partial charge is 0.363 e. The van der Waals surface area contributed by atoms with Crippen LogP contribution < -0.4 is 10.2 Å². The fourth-order valence-corrected chi connectivity index (χ4v) is 4.36. The van der Waals surface area contributed by atoms with Crippen LogP contribution in [0.15, 0.2) is 30.3 Å². The number of unbranched alkanes of at least 4 members (excludes halogenated alkanes) is 14. The average molecular weight is 454 g/mol. The van der Waals surface area contributed by atoms with E-state index in [1.165, 1.54) is 83.5 Å². The third-order valence-corrected chi connectivity index (χ3v) is 6.44. The van der Waals surface area contributed by atoms with Gasteiger partial charge in [-0.25, -0.2) is 4.98 Å². The first-order chi connectivity index (χ1) is 16.1. The van der Waals surface area contributed by atoms with Crippen LogP contribution in [0, 0.1) is 0 Å². The molecule has 4 nitrogen and oxygen atoms in total. The van der Waals surface area contributed by atoms with Crippen LogP contribution in [0.4, 0.5) is 11.5 Å². The molecular weight excluding hydrogens is 406 g/mol. The van der Waals surface area contributed by atoms with Gasteiger partial charge in [0.25, 0.3) is 0 Å². The van der Waals surface area contributed by atoms with Crippen LogP contribution in [0.1, 0.15) is 110 Å². The number of anilines is 2. The predicted octanol–water partition coefficient (Wildman–Crippen LogP) is 8.50. The second kappa shape index (κ2) is 16.5. The van der Waals surface area contributed by atoms with Gasteiger partial charge in [0.15, 0.2) is 0 Å². The van der Waals surface area contributed by atoms with Gasteiger partial charge in [0, 0.05) is 32.0 Å². The topological polar surface area (TPSA) is 45.2 Å². The standard InChI is InChI=1S/C29H47N3O/c1-4-5-6-7-8-9-10-11-12-13-14-15-16-17-18-23-29(33)31-27-24-28(32(2)3)30-26-22-20-19-21-25(26)27/h19-22,24H,4-18,23H2,1-3H3,(H,30,31,33). The average Bonchev–Trinajstić information content (AvgIpc) is 2.81. The van der Waals surface area contributed by atoms with Crippen LogP contribution in [0.25, 0.3) is 10.9 Å². The van der Waals surface area contributed by atoms with Gasteiger partial charge in [0.05, 0.1) is 11.2 Å². The molecule has 2 rings (SSSR count). The number of nitrogens with zero attached hydrogens (tertiary/aromatic N) is 2. The van der Waals surface area contributed by atoms with Crippen molar-refractivity contribution in [1.82, 2.24) is 4.98 Å². The molecule has 2 aromatic rings. The molecule has 0 fully saturated rings. The highest BCUT2D eigenvalue weighted by molar-refractivity contribution is 6.01. The highest BCUT2D eigenvalue weighted by Crippen LogP contribution is 2.26. The van der Waals surface area contributed by atoms with Crippen LogP contribution in [-0.4, -0.2) is 25.0 Å². The molecule has 1 N–H and O–H groups in total. The summed E-state index contributed by atoms with van der Waals surface area (Å²) >= 11 is 0.